The first-order chi connectivity index (χ1) is 11.9. The third-order valence-corrected chi connectivity index (χ3v) is 4.18. The summed E-state index contributed by atoms with van der Waals surface area (Å²) in [6.45, 7) is 2.51. The first kappa shape index (κ1) is 16.9. The van der Waals surface area contributed by atoms with Gasteiger partial charge in [0.1, 0.15) is 11.8 Å². The van der Waals surface area contributed by atoms with Crippen LogP contribution < -0.4 is 4.74 Å². The highest BCUT2D eigenvalue weighted by Crippen LogP contribution is 2.37. The van der Waals surface area contributed by atoms with E-state index in [1.807, 2.05) is 17.6 Å². The van der Waals surface area contributed by atoms with Crippen LogP contribution in [0.15, 0.2) is 42.5 Å². The topological polar surface area (TPSA) is 38.0 Å². The van der Waals surface area contributed by atoms with E-state index >= 15 is 0 Å². The number of hydrogen-bond donors (Lipinski definition) is 0. The highest BCUT2D eigenvalue weighted by molar-refractivity contribution is 5.95. The van der Waals surface area contributed by atoms with E-state index in [4.69, 9.17) is 4.74 Å². The predicted molar refractivity (Wildman–Crippen MR) is 89.3 cm³/mol. The molecule has 2 aromatic carbocycles. The number of hydrogen-bond acceptors (Lipinski definition) is 2. The Hall–Kier alpha value is -2.94. The lowest BCUT2D eigenvalue weighted by Gasteiger charge is -2.11. The minimum atomic E-state index is -4.39. The molecule has 0 saturated carbocycles. The van der Waals surface area contributed by atoms with Gasteiger partial charge >= 0.3 is 6.18 Å². The molecule has 0 aliphatic carbocycles. The maximum absolute atomic E-state index is 12.8. The summed E-state index contributed by atoms with van der Waals surface area (Å²) in [6, 6.07) is 12.5. The lowest BCUT2D eigenvalue weighted by atomic mass is 10.0. The van der Waals surface area contributed by atoms with E-state index in [1.165, 1.54) is 12.1 Å². The van der Waals surface area contributed by atoms with Crippen LogP contribution in [0.5, 0.6) is 5.75 Å². The SMILES string of the molecule is CCn1c(-c2ccc(C(F)(F)F)cc2)c(C#N)c2cc(OC)ccc21. The van der Waals surface area contributed by atoms with Crippen molar-refractivity contribution in [1.82, 2.24) is 4.57 Å². The van der Waals surface area contributed by atoms with Crippen molar-refractivity contribution in [3.8, 4) is 23.1 Å². The van der Waals surface area contributed by atoms with E-state index in [0.717, 1.165) is 23.0 Å². The van der Waals surface area contributed by atoms with E-state index in [0.29, 0.717) is 29.1 Å². The summed E-state index contributed by atoms with van der Waals surface area (Å²) in [5, 5.41) is 10.4. The molecule has 0 bridgehead atoms. The largest absolute Gasteiger partial charge is 0.497 e. The second-order valence-electron chi connectivity index (χ2n) is 5.54. The van der Waals surface area contributed by atoms with Gasteiger partial charge in [-0.1, -0.05) is 12.1 Å². The number of fused-ring (bicyclic) bond motifs is 1. The van der Waals surface area contributed by atoms with Crippen LogP contribution in [0, 0.1) is 11.3 Å². The van der Waals surface area contributed by atoms with Gasteiger partial charge < -0.3 is 9.30 Å². The molecule has 0 saturated heterocycles. The second-order valence-corrected chi connectivity index (χ2v) is 5.54. The van der Waals surface area contributed by atoms with Crippen LogP contribution in [0.3, 0.4) is 0 Å². The van der Waals surface area contributed by atoms with Crippen LogP contribution in [0.25, 0.3) is 22.2 Å². The first-order valence-electron chi connectivity index (χ1n) is 7.68. The van der Waals surface area contributed by atoms with E-state index in [-0.39, 0.29) is 0 Å². The van der Waals surface area contributed by atoms with E-state index in [9.17, 15) is 18.4 Å². The molecule has 0 atom stereocenters. The Kier molecular flexibility index (Phi) is 4.17. The van der Waals surface area contributed by atoms with Crippen molar-refractivity contribution in [2.45, 2.75) is 19.6 Å². The van der Waals surface area contributed by atoms with Gasteiger partial charge in [0.15, 0.2) is 0 Å². The fourth-order valence-electron chi connectivity index (χ4n) is 3.02. The van der Waals surface area contributed by atoms with Gasteiger partial charge in [-0.3, -0.25) is 0 Å². The number of alkyl halides is 3. The molecule has 25 heavy (non-hydrogen) atoms. The van der Waals surface area contributed by atoms with Gasteiger partial charge in [0.2, 0.25) is 0 Å². The third kappa shape index (κ3) is 2.82. The van der Waals surface area contributed by atoms with Gasteiger partial charge in [0.25, 0.3) is 0 Å². The monoisotopic (exact) mass is 344 g/mol. The van der Waals surface area contributed by atoms with E-state index in [1.54, 1.807) is 19.2 Å². The standard InChI is InChI=1S/C19H15F3N2O/c1-3-24-17-9-8-14(25-2)10-15(17)16(11-23)18(24)12-4-6-13(7-5-12)19(20,21)22/h4-10H,3H2,1-2H3. The molecular weight excluding hydrogens is 329 g/mol. The van der Waals surface area contributed by atoms with E-state index in [2.05, 4.69) is 6.07 Å². The number of nitrogens with zero attached hydrogens (tertiary/aromatic N) is 2. The molecular formula is C19H15F3N2O. The molecule has 0 amide bonds. The Bertz CT molecular complexity index is 963. The normalized spacial score (nSPS) is 11.5. The Morgan fingerprint density at radius 1 is 1.12 bits per heavy atom. The molecule has 3 nitrogen and oxygen atoms in total. The minimum absolute atomic E-state index is 0.426. The van der Waals surface area contributed by atoms with Gasteiger partial charge in [0.05, 0.1) is 29.4 Å². The molecule has 0 radical (unpaired) electrons. The Labute approximate surface area is 142 Å². The van der Waals surface area contributed by atoms with Crippen LogP contribution in [0.2, 0.25) is 0 Å². The van der Waals surface area contributed by atoms with Gasteiger partial charge in [-0.15, -0.1) is 0 Å². The molecule has 0 unspecified atom stereocenters. The summed E-state index contributed by atoms with van der Waals surface area (Å²) in [5.74, 6) is 0.622. The smallest absolute Gasteiger partial charge is 0.416 e. The molecule has 0 N–H and O–H groups in total. The molecule has 6 heteroatoms. The highest BCUT2D eigenvalue weighted by Gasteiger charge is 2.30. The fourth-order valence-corrected chi connectivity index (χ4v) is 3.02. The van der Waals surface area contributed by atoms with Gasteiger partial charge in [-0.05, 0) is 42.8 Å². The fraction of sp³-hybridized carbons (Fsp3) is 0.211. The van der Waals surface area contributed by atoms with E-state index < -0.39 is 11.7 Å². The summed E-state index contributed by atoms with van der Waals surface area (Å²) in [4.78, 5) is 0. The van der Waals surface area contributed by atoms with Crippen molar-refractivity contribution in [2.75, 3.05) is 7.11 Å². The van der Waals surface area contributed by atoms with Gasteiger partial charge in [0, 0.05) is 11.9 Å². The first-order valence-corrected chi connectivity index (χ1v) is 7.68. The number of ether oxygens (including phenoxy) is 1. The van der Waals surface area contributed by atoms with Crippen LogP contribution >= 0.6 is 0 Å². The lowest BCUT2D eigenvalue weighted by molar-refractivity contribution is -0.137. The number of aryl methyl sites for hydroxylation is 1. The number of halogens is 3. The Morgan fingerprint density at radius 3 is 2.32 bits per heavy atom. The maximum atomic E-state index is 12.8. The summed E-state index contributed by atoms with van der Waals surface area (Å²) in [7, 11) is 1.54. The molecule has 3 rings (SSSR count). The van der Waals surface area contributed by atoms with Crippen LogP contribution in [0.1, 0.15) is 18.1 Å². The van der Waals surface area contributed by atoms with Crippen molar-refractivity contribution in [2.24, 2.45) is 0 Å². The molecule has 0 fully saturated rings. The molecule has 0 aliphatic heterocycles. The number of nitriles is 1. The zero-order chi connectivity index (χ0) is 18.2. The zero-order valence-electron chi connectivity index (χ0n) is 13.7. The van der Waals surface area contributed by atoms with Crippen molar-refractivity contribution < 1.29 is 17.9 Å². The van der Waals surface area contributed by atoms with Crippen LogP contribution in [0.4, 0.5) is 13.2 Å². The van der Waals surface area contributed by atoms with Crippen molar-refractivity contribution >= 4 is 10.9 Å². The maximum Gasteiger partial charge on any atom is 0.416 e. The lowest BCUT2D eigenvalue weighted by Crippen LogP contribution is -2.04. The summed E-state index contributed by atoms with van der Waals surface area (Å²) < 4.78 is 45.5. The highest BCUT2D eigenvalue weighted by atomic mass is 19.4. The molecule has 0 spiro atoms. The molecule has 128 valence electrons. The number of benzene rings is 2. The van der Waals surface area contributed by atoms with Crippen molar-refractivity contribution in [1.29, 1.82) is 5.26 Å². The van der Waals surface area contributed by atoms with Gasteiger partial charge in [-0.25, -0.2) is 0 Å². The Balaban J connectivity index is 2.26. The summed E-state index contributed by atoms with van der Waals surface area (Å²) in [6.07, 6.45) is -4.39. The number of rotatable bonds is 3. The minimum Gasteiger partial charge on any atom is -0.497 e. The predicted octanol–water partition coefficient (Wildman–Crippen LogP) is 5.23. The number of aromatic nitrogens is 1. The van der Waals surface area contributed by atoms with Crippen molar-refractivity contribution in [3.63, 3.8) is 0 Å². The van der Waals surface area contributed by atoms with Crippen molar-refractivity contribution in [3.05, 3.63) is 53.6 Å². The van der Waals surface area contributed by atoms with Crippen LogP contribution in [-0.2, 0) is 12.7 Å². The zero-order valence-corrected chi connectivity index (χ0v) is 13.7. The molecule has 1 aromatic heterocycles. The average molecular weight is 344 g/mol. The van der Waals surface area contributed by atoms with Crippen LogP contribution in [-0.4, -0.2) is 11.7 Å². The average Bonchev–Trinajstić information content (AvgIpc) is 2.93. The summed E-state index contributed by atoms with van der Waals surface area (Å²) >= 11 is 0. The third-order valence-electron chi connectivity index (χ3n) is 4.18. The van der Waals surface area contributed by atoms with Gasteiger partial charge in [-0.2, -0.15) is 18.4 Å². The summed E-state index contributed by atoms with van der Waals surface area (Å²) in [5.41, 5.74) is 1.74. The Morgan fingerprint density at radius 2 is 1.80 bits per heavy atom. The quantitative estimate of drug-likeness (QED) is 0.653. The second kappa shape index (κ2) is 6.17. The molecule has 0 aliphatic rings. The molecule has 3 aromatic rings. The molecule has 1 heterocycles. The number of methoxy groups -OCH3 is 1.